The number of aliphatic carboxylic acids is 1. The molecule has 0 aromatic heterocycles. The maximum absolute atomic E-state index is 12.7. The molecule has 2 rings (SSSR count). The summed E-state index contributed by atoms with van der Waals surface area (Å²) >= 11 is 0. The van der Waals surface area contributed by atoms with Crippen LogP contribution in [0.5, 0.6) is 0 Å². The summed E-state index contributed by atoms with van der Waals surface area (Å²) in [4.78, 5) is 70.6. The van der Waals surface area contributed by atoms with Gasteiger partial charge in [-0.2, -0.15) is 0 Å². The molecule has 0 bridgehead atoms. The van der Waals surface area contributed by atoms with Crippen molar-refractivity contribution >= 4 is 41.2 Å². The van der Waals surface area contributed by atoms with Gasteiger partial charge in [0, 0.05) is 38.3 Å². The summed E-state index contributed by atoms with van der Waals surface area (Å²) in [6.45, 7) is 3.18. The van der Waals surface area contributed by atoms with Gasteiger partial charge in [-0.15, -0.1) is 0 Å². The Bertz CT molecular complexity index is 969. The first-order chi connectivity index (χ1) is 14.0. The zero-order chi connectivity index (χ0) is 22.6. The van der Waals surface area contributed by atoms with Gasteiger partial charge in [0.1, 0.15) is 6.10 Å². The van der Waals surface area contributed by atoms with Crippen LogP contribution in [-0.2, 0) is 44.6 Å². The third-order valence-electron chi connectivity index (χ3n) is 3.92. The average Bonchev–Trinajstić information content (AvgIpc) is 2.60. The molecule has 0 saturated carbocycles. The highest BCUT2D eigenvalue weighted by Gasteiger charge is 2.39. The van der Waals surface area contributed by atoms with Gasteiger partial charge < -0.3 is 19.3 Å². The molecule has 0 amide bonds. The van der Waals surface area contributed by atoms with E-state index in [1.54, 1.807) is 0 Å². The molecule has 10 nitrogen and oxygen atoms in total. The molecule has 10 heteroatoms. The molecule has 0 radical (unpaired) electrons. The van der Waals surface area contributed by atoms with Crippen LogP contribution in [0, 0.1) is 0 Å². The number of hydrogen-bond acceptors (Lipinski definition) is 9. The molecule has 30 heavy (non-hydrogen) atoms. The van der Waals surface area contributed by atoms with Crippen LogP contribution in [0.15, 0.2) is 24.0 Å². The summed E-state index contributed by atoms with van der Waals surface area (Å²) in [5, 5.41) is 9.04. The standard InChI is InChI=1S/C20H18O10/c1-9(21)28-13(8-15(24)25)7-12-5-4-6-14-16(12)17(26)18(27)20(30-11(3)23)19(14)29-10(2)22/h4-6,13H,7-8H2,1-3H3,(H,24,25). The van der Waals surface area contributed by atoms with Crippen molar-refractivity contribution in [2.75, 3.05) is 0 Å². The van der Waals surface area contributed by atoms with E-state index in [0.717, 1.165) is 20.8 Å². The third-order valence-corrected chi connectivity index (χ3v) is 3.92. The van der Waals surface area contributed by atoms with Crippen LogP contribution < -0.4 is 0 Å². The fourth-order valence-corrected chi connectivity index (χ4v) is 2.98. The summed E-state index contributed by atoms with van der Waals surface area (Å²) in [6, 6.07) is 4.30. The van der Waals surface area contributed by atoms with Gasteiger partial charge in [0.2, 0.25) is 11.5 Å². The average molecular weight is 418 g/mol. The number of carbonyl (C=O) groups excluding carboxylic acids is 5. The molecule has 1 aromatic carbocycles. The van der Waals surface area contributed by atoms with Crippen molar-refractivity contribution in [2.45, 2.75) is 39.7 Å². The number of fused-ring (bicyclic) bond motifs is 1. The van der Waals surface area contributed by atoms with Gasteiger partial charge in [-0.3, -0.25) is 28.8 Å². The summed E-state index contributed by atoms with van der Waals surface area (Å²) in [7, 11) is 0. The molecule has 1 aromatic rings. The molecule has 0 spiro atoms. The number of hydrogen-bond donors (Lipinski definition) is 1. The SMILES string of the molecule is CC(=O)OC1=C(OC(C)=O)c2cccc(CC(CC(=O)O)OC(C)=O)c2C(=O)C1=O. The second kappa shape index (κ2) is 9.12. The minimum atomic E-state index is -1.23. The van der Waals surface area contributed by atoms with Crippen molar-refractivity contribution in [3.05, 3.63) is 40.6 Å². The van der Waals surface area contributed by atoms with Crippen molar-refractivity contribution < 1.29 is 48.1 Å². The number of benzene rings is 1. The van der Waals surface area contributed by atoms with E-state index in [4.69, 9.17) is 19.3 Å². The monoisotopic (exact) mass is 418 g/mol. The molecule has 1 unspecified atom stereocenters. The Hall–Kier alpha value is -3.82. The van der Waals surface area contributed by atoms with Gasteiger partial charge in [0.05, 0.1) is 6.42 Å². The second-order valence-corrected chi connectivity index (χ2v) is 6.38. The highest BCUT2D eigenvalue weighted by Crippen LogP contribution is 2.34. The van der Waals surface area contributed by atoms with Crippen LogP contribution in [0.2, 0.25) is 0 Å². The fourth-order valence-electron chi connectivity index (χ4n) is 2.98. The molecule has 1 atom stereocenters. The van der Waals surface area contributed by atoms with Crippen LogP contribution in [0.4, 0.5) is 0 Å². The van der Waals surface area contributed by atoms with E-state index in [0.29, 0.717) is 0 Å². The maximum Gasteiger partial charge on any atom is 0.308 e. The van der Waals surface area contributed by atoms with Crippen LogP contribution >= 0.6 is 0 Å². The first-order valence-electron chi connectivity index (χ1n) is 8.72. The quantitative estimate of drug-likeness (QED) is 0.388. The van der Waals surface area contributed by atoms with Gasteiger partial charge in [0.25, 0.3) is 5.78 Å². The highest BCUT2D eigenvalue weighted by molar-refractivity contribution is 6.52. The van der Waals surface area contributed by atoms with Crippen molar-refractivity contribution in [3.8, 4) is 0 Å². The lowest BCUT2D eigenvalue weighted by molar-refractivity contribution is -0.150. The molecular formula is C20H18O10. The van der Waals surface area contributed by atoms with Crippen molar-refractivity contribution in [1.29, 1.82) is 0 Å². The smallest absolute Gasteiger partial charge is 0.308 e. The van der Waals surface area contributed by atoms with E-state index < -0.39 is 59.5 Å². The lowest BCUT2D eigenvalue weighted by Crippen LogP contribution is -2.30. The van der Waals surface area contributed by atoms with Gasteiger partial charge in [0.15, 0.2) is 5.76 Å². The summed E-state index contributed by atoms with van der Waals surface area (Å²) < 4.78 is 14.9. The predicted octanol–water partition coefficient (Wildman–Crippen LogP) is 1.20. The number of ketones is 2. The summed E-state index contributed by atoms with van der Waals surface area (Å²) in [5.74, 6) is -7.02. The Morgan fingerprint density at radius 2 is 1.50 bits per heavy atom. The molecule has 1 N–H and O–H groups in total. The number of carbonyl (C=O) groups is 6. The lowest BCUT2D eigenvalue weighted by Gasteiger charge is -2.23. The molecule has 0 aliphatic heterocycles. The topological polar surface area (TPSA) is 150 Å². The molecule has 1 aliphatic carbocycles. The fraction of sp³-hybridized carbons (Fsp3) is 0.300. The zero-order valence-corrected chi connectivity index (χ0v) is 16.3. The van der Waals surface area contributed by atoms with Crippen LogP contribution in [0.1, 0.15) is 48.7 Å². The van der Waals surface area contributed by atoms with E-state index in [1.165, 1.54) is 18.2 Å². The van der Waals surface area contributed by atoms with E-state index in [2.05, 4.69) is 0 Å². The minimum absolute atomic E-state index is 0.0143. The first-order valence-corrected chi connectivity index (χ1v) is 8.72. The van der Waals surface area contributed by atoms with E-state index >= 15 is 0 Å². The van der Waals surface area contributed by atoms with Crippen molar-refractivity contribution in [1.82, 2.24) is 0 Å². The van der Waals surface area contributed by atoms with Gasteiger partial charge in [-0.05, 0) is 5.56 Å². The lowest BCUT2D eigenvalue weighted by atomic mass is 9.86. The van der Waals surface area contributed by atoms with Gasteiger partial charge >= 0.3 is 23.9 Å². The highest BCUT2D eigenvalue weighted by atomic mass is 16.6. The van der Waals surface area contributed by atoms with Crippen LogP contribution in [-0.4, -0.2) is 46.7 Å². The van der Waals surface area contributed by atoms with E-state index in [1.807, 2.05) is 0 Å². The zero-order valence-electron chi connectivity index (χ0n) is 16.3. The molecule has 158 valence electrons. The number of rotatable bonds is 7. The minimum Gasteiger partial charge on any atom is -0.481 e. The Balaban J connectivity index is 2.62. The number of esters is 3. The van der Waals surface area contributed by atoms with Gasteiger partial charge in [-0.1, -0.05) is 18.2 Å². The Morgan fingerprint density at radius 1 is 0.900 bits per heavy atom. The van der Waals surface area contributed by atoms with E-state index in [9.17, 15) is 28.8 Å². The largest absolute Gasteiger partial charge is 0.481 e. The number of allylic oxidation sites excluding steroid dienone is 1. The van der Waals surface area contributed by atoms with Crippen molar-refractivity contribution in [3.63, 3.8) is 0 Å². The van der Waals surface area contributed by atoms with Crippen molar-refractivity contribution in [2.24, 2.45) is 0 Å². The molecule has 0 heterocycles. The van der Waals surface area contributed by atoms with E-state index in [-0.39, 0.29) is 23.1 Å². The normalized spacial score (nSPS) is 14.0. The molecule has 0 saturated heterocycles. The summed E-state index contributed by atoms with van der Waals surface area (Å²) in [6.07, 6.45) is -1.83. The third kappa shape index (κ3) is 5.16. The Morgan fingerprint density at radius 3 is 2.03 bits per heavy atom. The first kappa shape index (κ1) is 22.5. The second-order valence-electron chi connectivity index (χ2n) is 6.38. The van der Waals surface area contributed by atoms with Gasteiger partial charge in [-0.25, -0.2) is 0 Å². The Labute approximate surface area is 170 Å². The number of carboxylic acid groups (broad SMARTS) is 1. The van der Waals surface area contributed by atoms with Crippen LogP contribution in [0.3, 0.4) is 0 Å². The maximum atomic E-state index is 12.7. The number of carboxylic acids is 1. The number of ether oxygens (including phenoxy) is 3. The predicted molar refractivity (Wildman–Crippen MR) is 97.7 cm³/mol. The number of Topliss-reactive ketones (excluding diaryl/α,β-unsaturated/α-hetero) is 2. The molecule has 0 fully saturated rings. The summed E-state index contributed by atoms with van der Waals surface area (Å²) in [5.41, 5.74) is 0.0579. The molecule has 1 aliphatic rings. The van der Waals surface area contributed by atoms with Crippen LogP contribution in [0.25, 0.3) is 5.76 Å². The Kier molecular flexibility index (Phi) is 6.83. The molecular weight excluding hydrogens is 400 g/mol.